The Labute approximate surface area is 174 Å². The lowest BCUT2D eigenvalue weighted by atomic mass is 10.1. The molecule has 1 unspecified atom stereocenters. The number of carbonyl (C=O) groups excluding carboxylic acids is 1. The molecule has 148 valence electrons. The maximum atomic E-state index is 11.6. The van der Waals surface area contributed by atoms with Crippen molar-refractivity contribution in [2.45, 2.75) is 18.3 Å². The first-order chi connectivity index (χ1) is 13.5. The first-order valence-electron chi connectivity index (χ1n) is 8.72. The van der Waals surface area contributed by atoms with Crippen molar-refractivity contribution >= 4 is 35.4 Å². The van der Waals surface area contributed by atoms with Crippen LogP contribution in [0.25, 0.3) is 0 Å². The second-order valence-electron chi connectivity index (χ2n) is 5.98. The van der Waals surface area contributed by atoms with Crippen LogP contribution >= 0.6 is 23.5 Å². The lowest BCUT2D eigenvalue weighted by Crippen LogP contribution is -2.54. The van der Waals surface area contributed by atoms with Gasteiger partial charge in [0.2, 0.25) is 5.91 Å². The highest BCUT2D eigenvalue weighted by Gasteiger charge is 2.45. The molecule has 1 aromatic rings. The number of nitrogens with zero attached hydrogens (tertiary/aromatic N) is 1. The number of carboxylic acid groups (broad SMARTS) is 1. The minimum atomic E-state index is -1.02. The van der Waals surface area contributed by atoms with Crippen LogP contribution in [-0.4, -0.2) is 38.8 Å². The standard InChI is InChI=1S/C14H15NO3S2.C7H9N/c1-3-5-10(4-2)19-7-9-8-20-12-6-11(16)15(12)13(9)14(17)18;8-6-7-4-2-1-3-5-7/h3-5,12H,1-2,6-8H2,(H,17,18);1-5H,6,8H2/b10-5+;. The first kappa shape index (κ1) is 22.1. The summed E-state index contributed by atoms with van der Waals surface area (Å²) < 4.78 is 0. The van der Waals surface area contributed by atoms with Gasteiger partial charge in [-0.3, -0.25) is 9.69 Å². The highest BCUT2D eigenvalue weighted by atomic mass is 32.2. The third kappa shape index (κ3) is 5.64. The molecule has 0 saturated carbocycles. The molecule has 1 fully saturated rings. The fraction of sp³-hybridized carbons (Fsp3) is 0.238. The lowest BCUT2D eigenvalue weighted by Gasteiger charge is -2.44. The molecule has 28 heavy (non-hydrogen) atoms. The Morgan fingerprint density at radius 1 is 1.36 bits per heavy atom. The molecular weight excluding hydrogens is 392 g/mol. The van der Waals surface area contributed by atoms with Crippen molar-refractivity contribution in [1.29, 1.82) is 0 Å². The van der Waals surface area contributed by atoms with E-state index in [2.05, 4.69) is 13.2 Å². The summed E-state index contributed by atoms with van der Waals surface area (Å²) in [5.74, 6) is 0.0674. The summed E-state index contributed by atoms with van der Waals surface area (Å²) in [5, 5.41) is 9.36. The highest BCUT2D eigenvalue weighted by Crippen LogP contribution is 2.41. The number of β-lactam (4-membered cyclic amide) rings is 1. The van der Waals surface area contributed by atoms with E-state index in [1.54, 1.807) is 23.9 Å². The molecule has 7 heteroatoms. The normalized spacial score (nSPS) is 18.5. The van der Waals surface area contributed by atoms with Crippen LogP contribution in [0.1, 0.15) is 12.0 Å². The third-order valence-corrected chi connectivity index (χ3v) is 6.52. The van der Waals surface area contributed by atoms with E-state index >= 15 is 0 Å². The van der Waals surface area contributed by atoms with Gasteiger partial charge in [-0.25, -0.2) is 4.79 Å². The molecule has 0 radical (unpaired) electrons. The van der Waals surface area contributed by atoms with Crippen LogP contribution in [0.2, 0.25) is 0 Å². The number of hydrogen-bond acceptors (Lipinski definition) is 5. The fourth-order valence-corrected chi connectivity index (χ4v) is 4.95. The van der Waals surface area contributed by atoms with Gasteiger partial charge in [-0.2, -0.15) is 0 Å². The van der Waals surface area contributed by atoms with Crippen LogP contribution in [0.5, 0.6) is 0 Å². The number of thioether (sulfide) groups is 2. The predicted molar refractivity (Wildman–Crippen MR) is 118 cm³/mol. The van der Waals surface area contributed by atoms with Gasteiger partial charge in [-0.1, -0.05) is 55.6 Å². The van der Waals surface area contributed by atoms with E-state index in [-0.39, 0.29) is 17.0 Å². The number of hydrogen-bond donors (Lipinski definition) is 2. The van der Waals surface area contributed by atoms with Gasteiger partial charge in [-0.15, -0.1) is 23.5 Å². The molecule has 1 atom stereocenters. The topological polar surface area (TPSA) is 83.6 Å². The van der Waals surface area contributed by atoms with Gasteiger partial charge in [-0.05, 0) is 17.2 Å². The highest BCUT2D eigenvalue weighted by molar-refractivity contribution is 8.03. The van der Waals surface area contributed by atoms with E-state index in [0.29, 0.717) is 24.5 Å². The SMILES string of the molecule is C=C/C=C(\C=C)SCC1=C(C(=O)O)N2C(=O)CC2SC1.NCc1ccccc1. The van der Waals surface area contributed by atoms with Crippen molar-refractivity contribution in [2.75, 3.05) is 11.5 Å². The molecule has 0 aromatic heterocycles. The second kappa shape index (κ2) is 10.9. The van der Waals surface area contributed by atoms with E-state index in [0.717, 1.165) is 10.5 Å². The van der Waals surface area contributed by atoms with Crippen molar-refractivity contribution in [3.63, 3.8) is 0 Å². The van der Waals surface area contributed by atoms with Gasteiger partial charge >= 0.3 is 5.97 Å². The molecule has 1 aromatic carbocycles. The van der Waals surface area contributed by atoms with Crippen LogP contribution in [-0.2, 0) is 16.1 Å². The molecule has 2 aliphatic rings. The summed E-state index contributed by atoms with van der Waals surface area (Å²) in [5.41, 5.74) is 7.49. The number of carbonyl (C=O) groups is 2. The Hall–Kier alpha value is -2.22. The number of benzene rings is 1. The van der Waals surface area contributed by atoms with Gasteiger partial charge < -0.3 is 10.8 Å². The second-order valence-corrected chi connectivity index (χ2v) is 8.19. The van der Waals surface area contributed by atoms with Crippen LogP contribution in [0.15, 0.2) is 77.9 Å². The largest absolute Gasteiger partial charge is 0.477 e. The fourth-order valence-electron chi connectivity index (χ4n) is 2.66. The number of fused-ring (bicyclic) bond motifs is 1. The summed E-state index contributed by atoms with van der Waals surface area (Å²) in [7, 11) is 0. The zero-order chi connectivity index (χ0) is 20.5. The van der Waals surface area contributed by atoms with Gasteiger partial charge in [0.1, 0.15) is 5.70 Å². The van der Waals surface area contributed by atoms with Gasteiger partial charge in [0.25, 0.3) is 0 Å². The number of allylic oxidation sites excluding steroid dienone is 3. The number of nitrogens with two attached hydrogens (primary N) is 1. The van der Waals surface area contributed by atoms with Crippen LogP contribution in [0.3, 0.4) is 0 Å². The molecule has 2 aliphatic heterocycles. The zero-order valence-corrected chi connectivity index (χ0v) is 17.2. The van der Waals surface area contributed by atoms with Crippen LogP contribution in [0, 0.1) is 0 Å². The third-order valence-electron chi connectivity index (χ3n) is 4.11. The Morgan fingerprint density at radius 2 is 2.07 bits per heavy atom. The van der Waals surface area contributed by atoms with Crippen molar-refractivity contribution in [3.8, 4) is 0 Å². The van der Waals surface area contributed by atoms with Gasteiger partial charge in [0, 0.05) is 23.0 Å². The average Bonchev–Trinajstić information content (AvgIpc) is 2.71. The Kier molecular flexibility index (Phi) is 8.63. The summed E-state index contributed by atoms with van der Waals surface area (Å²) in [6.45, 7) is 7.98. The maximum absolute atomic E-state index is 11.6. The molecule has 3 N–H and O–H groups in total. The summed E-state index contributed by atoms with van der Waals surface area (Å²) in [6, 6.07) is 9.99. The quantitative estimate of drug-likeness (QED) is 0.520. The van der Waals surface area contributed by atoms with Gasteiger partial charge in [0.15, 0.2) is 0 Å². The minimum absolute atomic E-state index is 0.00458. The first-order valence-corrected chi connectivity index (χ1v) is 10.8. The minimum Gasteiger partial charge on any atom is -0.477 e. The summed E-state index contributed by atoms with van der Waals surface area (Å²) in [4.78, 5) is 25.4. The van der Waals surface area contributed by atoms with E-state index < -0.39 is 5.97 Å². The lowest BCUT2D eigenvalue weighted by molar-refractivity contribution is -0.146. The number of carboxylic acids is 1. The zero-order valence-electron chi connectivity index (χ0n) is 15.5. The van der Waals surface area contributed by atoms with E-state index in [1.165, 1.54) is 22.2 Å². The maximum Gasteiger partial charge on any atom is 0.352 e. The molecule has 1 saturated heterocycles. The van der Waals surface area contributed by atoms with Crippen molar-refractivity contribution in [3.05, 3.63) is 83.5 Å². The van der Waals surface area contributed by atoms with E-state index in [4.69, 9.17) is 5.73 Å². The van der Waals surface area contributed by atoms with E-state index in [1.807, 2.05) is 36.4 Å². The van der Waals surface area contributed by atoms with Crippen molar-refractivity contribution in [2.24, 2.45) is 5.73 Å². The molecule has 1 amide bonds. The monoisotopic (exact) mass is 416 g/mol. The molecule has 3 rings (SSSR count). The average molecular weight is 417 g/mol. The Bertz CT molecular complexity index is 803. The molecule has 0 spiro atoms. The van der Waals surface area contributed by atoms with Crippen LogP contribution < -0.4 is 5.73 Å². The Morgan fingerprint density at radius 3 is 2.57 bits per heavy atom. The van der Waals surface area contributed by atoms with Crippen molar-refractivity contribution < 1.29 is 14.7 Å². The molecule has 0 bridgehead atoms. The van der Waals surface area contributed by atoms with Crippen molar-refractivity contribution in [1.82, 2.24) is 4.90 Å². The smallest absolute Gasteiger partial charge is 0.352 e. The predicted octanol–water partition coefficient (Wildman–Crippen LogP) is 3.76. The number of amides is 1. The summed E-state index contributed by atoms with van der Waals surface area (Å²) in [6.07, 6.45) is 5.64. The molecule has 5 nitrogen and oxygen atoms in total. The number of rotatable bonds is 7. The van der Waals surface area contributed by atoms with E-state index in [9.17, 15) is 14.7 Å². The molecular formula is C21H24N2O3S2. The molecule has 0 aliphatic carbocycles. The molecule has 2 heterocycles. The Balaban J connectivity index is 0.000000292. The van der Waals surface area contributed by atoms with Crippen LogP contribution in [0.4, 0.5) is 0 Å². The summed E-state index contributed by atoms with van der Waals surface area (Å²) >= 11 is 3.13. The number of aliphatic carboxylic acids is 1. The van der Waals surface area contributed by atoms with Gasteiger partial charge in [0.05, 0.1) is 11.8 Å².